The molecule has 0 radical (unpaired) electrons. The zero-order chi connectivity index (χ0) is 20.1. The smallest absolute Gasteiger partial charge is 0.410 e. The Hall–Kier alpha value is -2.11. The highest BCUT2D eigenvalue weighted by molar-refractivity contribution is 5.79. The minimum absolute atomic E-state index is 0.197. The largest absolute Gasteiger partial charge is 0.444 e. The van der Waals surface area contributed by atoms with Crippen molar-refractivity contribution >= 4 is 12.0 Å². The molecule has 28 heavy (non-hydrogen) atoms. The molecule has 0 spiro atoms. The quantitative estimate of drug-likeness (QED) is 0.723. The summed E-state index contributed by atoms with van der Waals surface area (Å²) in [4.78, 5) is 30.9. The van der Waals surface area contributed by atoms with Gasteiger partial charge in [-0.05, 0) is 69.9 Å². The molecular weight excluding hydrogens is 354 g/mol. The van der Waals surface area contributed by atoms with Gasteiger partial charge in [0.15, 0.2) is 0 Å². The predicted molar refractivity (Wildman–Crippen MR) is 107 cm³/mol. The molecule has 3 rings (SSSR count). The van der Waals surface area contributed by atoms with Gasteiger partial charge < -0.3 is 15.0 Å². The third-order valence-electron chi connectivity index (χ3n) is 5.73. The Morgan fingerprint density at radius 3 is 2.71 bits per heavy atom. The summed E-state index contributed by atoms with van der Waals surface area (Å²) in [6, 6.07) is 3.80. The summed E-state index contributed by atoms with van der Waals surface area (Å²) < 4.78 is 5.54. The maximum atomic E-state index is 12.6. The number of aromatic nitrogens is 1. The standard InChI is InChI=1S/C22H33N3O3/c1-22(2,3)28-21(27)25(15-17-6-4-9-23-14-17)11-5-10-24-20(26)19-13-16-7-8-18(19)12-16/h4,6,9,14,16,18-19H,5,7-8,10-13,15H2,1-3H3,(H,24,26). The number of carbonyl (C=O) groups excluding carboxylic acids is 2. The van der Waals surface area contributed by atoms with Crippen LogP contribution in [0.5, 0.6) is 0 Å². The molecule has 1 aromatic rings. The van der Waals surface area contributed by atoms with Crippen molar-refractivity contribution in [2.45, 2.75) is 65.0 Å². The van der Waals surface area contributed by atoms with Crippen LogP contribution >= 0.6 is 0 Å². The van der Waals surface area contributed by atoms with Gasteiger partial charge in [-0.25, -0.2) is 4.79 Å². The van der Waals surface area contributed by atoms with Gasteiger partial charge in [0, 0.05) is 31.4 Å². The van der Waals surface area contributed by atoms with Crippen molar-refractivity contribution in [1.82, 2.24) is 15.2 Å². The second kappa shape index (κ2) is 8.93. The summed E-state index contributed by atoms with van der Waals surface area (Å²) in [5, 5.41) is 3.09. The van der Waals surface area contributed by atoms with Crippen molar-refractivity contribution in [1.29, 1.82) is 0 Å². The highest BCUT2D eigenvalue weighted by Crippen LogP contribution is 2.48. The van der Waals surface area contributed by atoms with Crippen LogP contribution in [0, 0.1) is 17.8 Å². The molecule has 154 valence electrons. The molecule has 0 saturated heterocycles. The first-order valence-corrected chi connectivity index (χ1v) is 10.5. The van der Waals surface area contributed by atoms with Crippen LogP contribution in [0.1, 0.15) is 58.4 Å². The summed E-state index contributed by atoms with van der Waals surface area (Å²) >= 11 is 0. The minimum atomic E-state index is -0.541. The number of hydrogen-bond donors (Lipinski definition) is 1. The van der Waals surface area contributed by atoms with Crippen LogP contribution in [0.25, 0.3) is 0 Å². The van der Waals surface area contributed by atoms with Crippen LogP contribution in [0.3, 0.4) is 0 Å². The van der Waals surface area contributed by atoms with Crippen molar-refractivity contribution < 1.29 is 14.3 Å². The topological polar surface area (TPSA) is 71.5 Å². The Bertz CT molecular complexity index is 671. The summed E-state index contributed by atoms with van der Waals surface area (Å²) in [5.41, 5.74) is 0.416. The number of fused-ring (bicyclic) bond motifs is 2. The van der Waals surface area contributed by atoms with Gasteiger partial charge in [0.05, 0.1) is 6.54 Å². The molecule has 2 fully saturated rings. The van der Waals surface area contributed by atoms with Gasteiger partial charge in [-0.3, -0.25) is 9.78 Å². The SMILES string of the molecule is CC(C)(C)OC(=O)N(CCCNC(=O)C1CC2CCC1C2)Cc1cccnc1. The molecule has 2 aliphatic carbocycles. The lowest BCUT2D eigenvalue weighted by Gasteiger charge is -2.27. The number of carbonyl (C=O) groups is 2. The average molecular weight is 388 g/mol. The van der Waals surface area contributed by atoms with Gasteiger partial charge in [0.2, 0.25) is 5.91 Å². The van der Waals surface area contributed by atoms with Crippen molar-refractivity contribution in [3.05, 3.63) is 30.1 Å². The Balaban J connectivity index is 1.48. The summed E-state index contributed by atoms with van der Waals surface area (Å²) in [7, 11) is 0. The molecule has 1 N–H and O–H groups in total. The third kappa shape index (κ3) is 5.69. The fourth-order valence-electron chi connectivity index (χ4n) is 4.45. The van der Waals surface area contributed by atoms with Gasteiger partial charge >= 0.3 is 6.09 Å². The molecule has 2 aliphatic rings. The maximum absolute atomic E-state index is 12.6. The first-order chi connectivity index (χ1) is 13.3. The van der Waals surface area contributed by atoms with Crippen LogP contribution in [-0.2, 0) is 16.1 Å². The summed E-state index contributed by atoms with van der Waals surface area (Å²) in [5.74, 6) is 1.76. The van der Waals surface area contributed by atoms with E-state index in [1.165, 1.54) is 19.3 Å². The highest BCUT2D eigenvalue weighted by Gasteiger charge is 2.42. The van der Waals surface area contributed by atoms with E-state index in [-0.39, 0.29) is 17.9 Å². The fraction of sp³-hybridized carbons (Fsp3) is 0.682. The van der Waals surface area contributed by atoms with E-state index in [4.69, 9.17) is 4.74 Å². The van der Waals surface area contributed by atoms with Crippen LogP contribution in [0.4, 0.5) is 4.79 Å². The zero-order valence-corrected chi connectivity index (χ0v) is 17.3. The van der Waals surface area contributed by atoms with E-state index in [1.54, 1.807) is 17.3 Å². The summed E-state index contributed by atoms with van der Waals surface area (Å²) in [6.07, 6.45) is 8.63. The van der Waals surface area contributed by atoms with Crippen molar-refractivity contribution in [2.75, 3.05) is 13.1 Å². The van der Waals surface area contributed by atoms with E-state index in [1.807, 2.05) is 32.9 Å². The molecule has 0 aliphatic heterocycles. The van der Waals surface area contributed by atoms with E-state index < -0.39 is 5.60 Å². The molecule has 6 heteroatoms. The Morgan fingerprint density at radius 2 is 2.11 bits per heavy atom. The molecule has 2 amide bonds. The minimum Gasteiger partial charge on any atom is -0.444 e. The lowest BCUT2D eigenvalue weighted by molar-refractivity contribution is -0.126. The number of amides is 2. The lowest BCUT2D eigenvalue weighted by atomic mass is 9.88. The van der Waals surface area contributed by atoms with Crippen LogP contribution in [0.15, 0.2) is 24.5 Å². The number of ether oxygens (including phenoxy) is 1. The second-order valence-electron chi connectivity index (χ2n) is 9.19. The monoisotopic (exact) mass is 387 g/mol. The Morgan fingerprint density at radius 1 is 1.29 bits per heavy atom. The van der Waals surface area contributed by atoms with Crippen molar-refractivity contribution in [3.63, 3.8) is 0 Å². The van der Waals surface area contributed by atoms with Crippen molar-refractivity contribution in [2.24, 2.45) is 17.8 Å². The number of pyridine rings is 1. The number of nitrogens with zero attached hydrogens (tertiary/aromatic N) is 2. The van der Waals surface area contributed by atoms with Gasteiger partial charge in [-0.2, -0.15) is 0 Å². The number of rotatable bonds is 7. The molecule has 6 nitrogen and oxygen atoms in total. The molecular formula is C22H33N3O3. The number of nitrogens with one attached hydrogen (secondary N) is 1. The fourth-order valence-corrected chi connectivity index (χ4v) is 4.45. The molecule has 2 saturated carbocycles. The van der Waals surface area contributed by atoms with E-state index in [0.717, 1.165) is 17.9 Å². The third-order valence-corrected chi connectivity index (χ3v) is 5.73. The maximum Gasteiger partial charge on any atom is 0.410 e. The van der Waals surface area contributed by atoms with Gasteiger partial charge in [-0.15, -0.1) is 0 Å². The Labute approximate surface area is 168 Å². The molecule has 0 aromatic carbocycles. The van der Waals surface area contributed by atoms with Crippen LogP contribution < -0.4 is 5.32 Å². The van der Waals surface area contributed by atoms with Crippen molar-refractivity contribution in [3.8, 4) is 0 Å². The molecule has 3 unspecified atom stereocenters. The van der Waals surface area contributed by atoms with E-state index in [9.17, 15) is 9.59 Å². The normalized spacial score (nSPS) is 23.5. The lowest BCUT2D eigenvalue weighted by Crippen LogP contribution is -2.39. The van der Waals surface area contributed by atoms with Crippen LogP contribution in [0.2, 0.25) is 0 Å². The summed E-state index contributed by atoms with van der Waals surface area (Å²) in [6.45, 7) is 7.15. The zero-order valence-electron chi connectivity index (χ0n) is 17.3. The van der Waals surface area contributed by atoms with Gasteiger partial charge in [0.25, 0.3) is 0 Å². The molecule has 1 heterocycles. The molecule has 1 aromatic heterocycles. The first-order valence-electron chi connectivity index (χ1n) is 10.5. The van der Waals surface area contributed by atoms with Crippen LogP contribution in [-0.4, -0.2) is 40.6 Å². The average Bonchev–Trinajstić information content (AvgIpc) is 3.27. The van der Waals surface area contributed by atoms with E-state index in [0.29, 0.717) is 32.0 Å². The van der Waals surface area contributed by atoms with Gasteiger partial charge in [-0.1, -0.05) is 12.5 Å². The van der Waals surface area contributed by atoms with E-state index in [2.05, 4.69) is 10.3 Å². The predicted octanol–water partition coefficient (Wildman–Crippen LogP) is 3.76. The number of hydrogen-bond acceptors (Lipinski definition) is 4. The first kappa shape index (κ1) is 20.6. The molecule has 2 bridgehead atoms. The highest BCUT2D eigenvalue weighted by atomic mass is 16.6. The molecule has 3 atom stereocenters. The van der Waals surface area contributed by atoms with E-state index >= 15 is 0 Å². The Kier molecular flexibility index (Phi) is 6.57. The van der Waals surface area contributed by atoms with Gasteiger partial charge in [0.1, 0.15) is 5.60 Å². The second-order valence-corrected chi connectivity index (χ2v) is 9.19.